The van der Waals surface area contributed by atoms with Gasteiger partial charge in [0, 0.05) is 31.4 Å². The summed E-state index contributed by atoms with van der Waals surface area (Å²) in [4.78, 5) is 10.8. The third kappa shape index (κ3) is 6.99. The molecule has 57 heavy (non-hydrogen) atoms. The second kappa shape index (κ2) is 16.0. The Morgan fingerprint density at radius 3 is 1.61 bits per heavy atom. The zero-order chi connectivity index (χ0) is 38.6. The van der Waals surface area contributed by atoms with Gasteiger partial charge in [0.1, 0.15) is 0 Å². The summed E-state index contributed by atoms with van der Waals surface area (Å²) in [6.45, 7) is 4.31. The summed E-state index contributed by atoms with van der Waals surface area (Å²) in [5.74, 6) is 0.724. The molecule has 0 aliphatic rings. The van der Waals surface area contributed by atoms with Crippen molar-refractivity contribution >= 4 is 71.9 Å². The molecule has 8 aromatic carbocycles. The Bertz CT molecular complexity index is 2750. The van der Waals surface area contributed by atoms with E-state index in [0.717, 1.165) is 22.7 Å². The number of fused-ring (bicyclic) bond motifs is 3. The lowest BCUT2D eigenvalue weighted by atomic mass is 9.95. The van der Waals surface area contributed by atoms with Crippen LogP contribution in [0.15, 0.2) is 222 Å². The average Bonchev–Trinajstić information content (AvgIpc) is 3.67. The normalized spacial score (nSPS) is 12.9. The number of rotatable bonds is 9. The Kier molecular flexibility index (Phi) is 10.1. The van der Waals surface area contributed by atoms with Crippen LogP contribution < -0.4 is 20.7 Å². The first kappa shape index (κ1) is 36.2. The van der Waals surface area contributed by atoms with E-state index in [4.69, 9.17) is 9.98 Å². The van der Waals surface area contributed by atoms with Crippen LogP contribution in [0, 0.1) is 0 Å². The van der Waals surface area contributed by atoms with Crippen LogP contribution in [0.5, 0.6) is 0 Å². The highest BCUT2D eigenvalue weighted by Crippen LogP contribution is 2.42. The SMILES string of the molecule is CC(=NC(=N[C@@H](C)c1cc(-c2ccccc2)c2c(c1)sc1ccccc12)c1ccccc1)c1cccc([Si](c2ccccc2)(c2ccccc2)c2ccccc2)c1. The van der Waals surface area contributed by atoms with E-state index in [-0.39, 0.29) is 6.04 Å². The maximum Gasteiger partial charge on any atom is 0.179 e. The fourth-order valence-electron chi connectivity index (χ4n) is 8.24. The van der Waals surface area contributed by atoms with Crippen molar-refractivity contribution in [2.24, 2.45) is 9.98 Å². The minimum atomic E-state index is -2.70. The number of nitrogens with zero attached hydrogens (tertiary/aromatic N) is 2. The number of hydrogen-bond donors (Lipinski definition) is 0. The maximum absolute atomic E-state index is 5.43. The molecule has 0 aliphatic heterocycles. The summed E-state index contributed by atoms with van der Waals surface area (Å²) in [5.41, 5.74) is 6.62. The summed E-state index contributed by atoms with van der Waals surface area (Å²) in [6.07, 6.45) is 0. The number of hydrogen-bond acceptors (Lipinski definition) is 2. The third-order valence-electron chi connectivity index (χ3n) is 11.0. The van der Waals surface area contributed by atoms with E-state index >= 15 is 0 Å². The Hall–Kier alpha value is -6.46. The second-order valence-corrected chi connectivity index (χ2v) is 19.4. The lowest BCUT2D eigenvalue weighted by Crippen LogP contribution is -2.74. The minimum Gasteiger partial charge on any atom is -0.258 e. The van der Waals surface area contributed by atoms with E-state index in [2.05, 4.69) is 220 Å². The highest BCUT2D eigenvalue weighted by atomic mass is 32.1. The van der Waals surface area contributed by atoms with Gasteiger partial charge in [0.25, 0.3) is 0 Å². The summed E-state index contributed by atoms with van der Waals surface area (Å²) in [6, 6.07) is 76.7. The number of thiophene rings is 1. The van der Waals surface area contributed by atoms with Gasteiger partial charge in [-0.1, -0.05) is 194 Å². The van der Waals surface area contributed by atoms with Crippen LogP contribution in [-0.4, -0.2) is 19.6 Å². The molecule has 4 heteroatoms. The molecule has 1 heterocycles. The van der Waals surface area contributed by atoms with Crippen LogP contribution in [0.1, 0.15) is 36.6 Å². The van der Waals surface area contributed by atoms with Gasteiger partial charge in [-0.3, -0.25) is 4.99 Å². The van der Waals surface area contributed by atoms with Crippen LogP contribution in [-0.2, 0) is 0 Å². The molecule has 0 spiro atoms. The molecular formula is C53H42N2SSi. The van der Waals surface area contributed by atoms with Crippen molar-refractivity contribution in [3.63, 3.8) is 0 Å². The highest BCUT2D eigenvalue weighted by Gasteiger charge is 2.41. The molecule has 0 radical (unpaired) electrons. The van der Waals surface area contributed by atoms with Crippen molar-refractivity contribution in [3.05, 3.63) is 229 Å². The first-order chi connectivity index (χ1) is 28.1. The third-order valence-corrected chi connectivity index (χ3v) is 16.9. The molecule has 0 saturated carbocycles. The van der Waals surface area contributed by atoms with Crippen LogP contribution >= 0.6 is 11.3 Å². The smallest absolute Gasteiger partial charge is 0.179 e. The van der Waals surface area contributed by atoms with Crippen LogP contribution in [0.3, 0.4) is 0 Å². The van der Waals surface area contributed by atoms with Gasteiger partial charge in [-0.15, -0.1) is 11.3 Å². The van der Waals surface area contributed by atoms with Gasteiger partial charge in [0.15, 0.2) is 13.9 Å². The van der Waals surface area contributed by atoms with Crippen molar-refractivity contribution in [1.82, 2.24) is 0 Å². The van der Waals surface area contributed by atoms with E-state index in [1.54, 1.807) is 0 Å². The van der Waals surface area contributed by atoms with Crippen molar-refractivity contribution in [2.45, 2.75) is 19.9 Å². The molecule has 0 fully saturated rings. The van der Waals surface area contributed by atoms with E-state index in [1.807, 2.05) is 17.4 Å². The Balaban J connectivity index is 1.18. The Morgan fingerprint density at radius 2 is 1.00 bits per heavy atom. The molecule has 0 N–H and O–H groups in total. The van der Waals surface area contributed by atoms with Crippen LogP contribution in [0.4, 0.5) is 0 Å². The molecule has 1 atom stereocenters. The summed E-state index contributed by atoms with van der Waals surface area (Å²) < 4.78 is 2.57. The van der Waals surface area contributed by atoms with E-state index in [9.17, 15) is 0 Å². The Morgan fingerprint density at radius 1 is 0.491 bits per heavy atom. The molecule has 0 aliphatic carbocycles. The van der Waals surface area contributed by atoms with Crippen LogP contribution in [0.25, 0.3) is 31.3 Å². The minimum absolute atomic E-state index is 0.144. The monoisotopic (exact) mass is 766 g/mol. The Labute approximate surface area is 340 Å². The molecular weight excluding hydrogens is 725 g/mol. The van der Waals surface area contributed by atoms with E-state index in [1.165, 1.54) is 57.6 Å². The molecule has 0 bridgehead atoms. The zero-order valence-electron chi connectivity index (χ0n) is 32.1. The van der Waals surface area contributed by atoms with Crippen molar-refractivity contribution < 1.29 is 0 Å². The molecule has 1 aromatic heterocycles. The largest absolute Gasteiger partial charge is 0.258 e. The topological polar surface area (TPSA) is 24.7 Å². The molecule has 274 valence electrons. The van der Waals surface area contributed by atoms with Gasteiger partial charge in [-0.2, -0.15) is 0 Å². The summed E-state index contributed by atoms with van der Waals surface area (Å²) >= 11 is 1.85. The maximum atomic E-state index is 5.43. The summed E-state index contributed by atoms with van der Waals surface area (Å²) in [7, 11) is -2.70. The van der Waals surface area contributed by atoms with Crippen molar-refractivity contribution in [3.8, 4) is 11.1 Å². The van der Waals surface area contributed by atoms with Crippen molar-refractivity contribution in [2.75, 3.05) is 0 Å². The molecule has 2 nitrogen and oxygen atoms in total. The van der Waals surface area contributed by atoms with Gasteiger partial charge in [0.05, 0.1) is 6.04 Å². The quantitative estimate of drug-likeness (QED) is 0.0605. The van der Waals surface area contributed by atoms with Gasteiger partial charge < -0.3 is 0 Å². The fourth-order valence-corrected chi connectivity index (χ4v) is 14.2. The molecule has 0 amide bonds. The van der Waals surface area contributed by atoms with Gasteiger partial charge in [-0.05, 0) is 75.0 Å². The standard InChI is InChI=1S/C53H42N2SSi/c1-38(42-25-20-32-47(35-42)57(44-26-12-5-13-27-44,45-28-14-6-15-29-45)46-30-16-7-17-31-46)54-53(41-23-10-4-11-24-41)55-39(2)43-36-49(40-21-8-3-9-22-40)52-48-33-18-19-34-50(48)56-51(52)37-43/h3-37,39H,1-2H3/t39-/m0/s1. The predicted molar refractivity (Wildman–Crippen MR) is 248 cm³/mol. The first-order valence-corrected chi connectivity index (χ1v) is 22.4. The number of benzene rings is 8. The number of aliphatic imine (C=N–C) groups is 2. The number of amidine groups is 1. The lowest BCUT2D eigenvalue weighted by Gasteiger charge is -2.34. The average molecular weight is 767 g/mol. The molecule has 0 unspecified atom stereocenters. The second-order valence-electron chi connectivity index (χ2n) is 14.5. The molecule has 9 rings (SSSR count). The van der Waals surface area contributed by atoms with E-state index in [0.29, 0.717) is 0 Å². The zero-order valence-corrected chi connectivity index (χ0v) is 33.9. The first-order valence-electron chi connectivity index (χ1n) is 19.6. The van der Waals surface area contributed by atoms with Crippen molar-refractivity contribution in [1.29, 1.82) is 0 Å². The molecule has 9 aromatic rings. The predicted octanol–water partition coefficient (Wildman–Crippen LogP) is 11.1. The summed E-state index contributed by atoms with van der Waals surface area (Å²) in [5, 5.41) is 7.96. The lowest BCUT2D eigenvalue weighted by molar-refractivity contribution is 0.820. The molecule has 0 saturated heterocycles. The van der Waals surface area contributed by atoms with Crippen LogP contribution in [0.2, 0.25) is 0 Å². The van der Waals surface area contributed by atoms with Gasteiger partial charge >= 0.3 is 0 Å². The van der Waals surface area contributed by atoms with Gasteiger partial charge in [0.2, 0.25) is 0 Å². The van der Waals surface area contributed by atoms with Gasteiger partial charge in [-0.25, -0.2) is 4.99 Å². The van der Waals surface area contributed by atoms with E-state index < -0.39 is 8.07 Å². The highest BCUT2D eigenvalue weighted by molar-refractivity contribution is 7.26. The fraction of sp³-hybridized carbons (Fsp3) is 0.0566.